The summed E-state index contributed by atoms with van der Waals surface area (Å²) < 4.78 is 15.5. The molecule has 2 N–H and O–H groups in total. The first-order valence-electron chi connectivity index (χ1n) is 8.64. The number of aromatic nitrogens is 1. The Kier molecular flexibility index (Phi) is 5.47. The highest BCUT2D eigenvalue weighted by Crippen LogP contribution is 2.33. The number of hydrogen-bond donors (Lipinski definition) is 2. The predicted octanol–water partition coefficient (Wildman–Crippen LogP) is 2.24. The Morgan fingerprint density at radius 3 is 2.75 bits per heavy atom. The van der Waals surface area contributed by atoms with Gasteiger partial charge in [0.2, 0.25) is 5.76 Å². The standard InChI is InChI=1S/C18H19N5O5/c1-4-26-17(24)16-15(22-18(25)27-5-2)14-12(28-16)6-10(7-19)13(21-14)11-8-20-23(3)9-11/h6,9,20H,4-5,8H2,1-3H3,(H,22,25). The summed E-state index contributed by atoms with van der Waals surface area (Å²) in [7, 11) is 1.82. The number of hydrazine groups is 1. The lowest BCUT2D eigenvalue weighted by Crippen LogP contribution is -2.23. The van der Waals surface area contributed by atoms with E-state index in [1.54, 1.807) is 25.1 Å². The second kappa shape index (κ2) is 7.98. The van der Waals surface area contributed by atoms with E-state index < -0.39 is 12.1 Å². The van der Waals surface area contributed by atoms with Crippen molar-refractivity contribution in [1.29, 1.82) is 5.26 Å². The molecule has 1 amide bonds. The number of nitrogens with one attached hydrogen (secondary N) is 2. The van der Waals surface area contributed by atoms with E-state index in [4.69, 9.17) is 13.9 Å². The lowest BCUT2D eigenvalue weighted by atomic mass is 10.1. The molecule has 1 aliphatic rings. The molecular formula is C18H19N5O5. The first-order valence-corrected chi connectivity index (χ1v) is 8.64. The molecule has 0 saturated carbocycles. The maximum Gasteiger partial charge on any atom is 0.411 e. The van der Waals surface area contributed by atoms with E-state index in [1.807, 2.05) is 7.05 Å². The van der Waals surface area contributed by atoms with Gasteiger partial charge in [-0.25, -0.2) is 20.0 Å². The van der Waals surface area contributed by atoms with Crippen molar-refractivity contribution in [3.63, 3.8) is 0 Å². The van der Waals surface area contributed by atoms with Gasteiger partial charge in [0.05, 0.1) is 24.5 Å². The number of esters is 1. The van der Waals surface area contributed by atoms with Crippen LogP contribution < -0.4 is 10.7 Å². The molecule has 0 aliphatic carbocycles. The Labute approximate surface area is 160 Å². The Morgan fingerprint density at radius 1 is 1.39 bits per heavy atom. The first kappa shape index (κ1) is 19.2. The van der Waals surface area contributed by atoms with Crippen LogP contribution in [0.3, 0.4) is 0 Å². The van der Waals surface area contributed by atoms with Crippen molar-refractivity contribution in [3.8, 4) is 6.07 Å². The van der Waals surface area contributed by atoms with Gasteiger partial charge >= 0.3 is 12.1 Å². The molecule has 0 atom stereocenters. The molecule has 0 aromatic carbocycles. The number of nitrogens with zero attached hydrogens (tertiary/aromatic N) is 3. The first-order chi connectivity index (χ1) is 13.5. The number of ether oxygens (including phenoxy) is 2. The zero-order valence-electron chi connectivity index (χ0n) is 15.7. The van der Waals surface area contributed by atoms with Gasteiger partial charge in [0.15, 0.2) is 5.58 Å². The zero-order chi connectivity index (χ0) is 20.3. The van der Waals surface area contributed by atoms with Crippen molar-refractivity contribution < 1.29 is 23.5 Å². The average Bonchev–Trinajstić information content (AvgIpc) is 3.24. The minimum atomic E-state index is -0.759. The monoisotopic (exact) mass is 385 g/mol. The summed E-state index contributed by atoms with van der Waals surface area (Å²) in [5, 5.41) is 13.8. The van der Waals surface area contributed by atoms with Crippen LogP contribution >= 0.6 is 0 Å². The summed E-state index contributed by atoms with van der Waals surface area (Å²) in [5.74, 6) is -0.970. The third-order valence-corrected chi connectivity index (χ3v) is 3.92. The molecule has 0 spiro atoms. The fourth-order valence-electron chi connectivity index (χ4n) is 2.76. The summed E-state index contributed by atoms with van der Waals surface area (Å²) >= 11 is 0. The van der Waals surface area contributed by atoms with E-state index >= 15 is 0 Å². The molecule has 10 heteroatoms. The number of nitriles is 1. The van der Waals surface area contributed by atoms with E-state index in [-0.39, 0.29) is 41.3 Å². The van der Waals surface area contributed by atoms with E-state index in [9.17, 15) is 14.9 Å². The highest BCUT2D eigenvalue weighted by Gasteiger charge is 2.27. The molecular weight excluding hydrogens is 366 g/mol. The number of furan rings is 1. The second-order valence-electron chi connectivity index (χ2n) is 5.82. The quantitative estimate of drug-likeness (QED) is 0.744. The fraction of sp³-hybridized carbons (Fsp3) is 0.333. The van der Waals surface area contributed by atoms with Gasteiger partial charge in [-0.2, -0.15) is 5.26 Å². The van der Waals surface area contributed by atoms with Crippen LogP contribution in [0.5, 0.6) is 0 Å². The molecule has 1 aliphatic heterocycles. The van der Waals surface area contributed by atoms with Crippen LogP contribution in [0, 0.1) is 11.3 Å². The van der Waals surface area contributed by atoms with E-state index in [0.717, 1.165) is 5.57 Å². The van der Waals surface area contributed by atoms with Crippen LogP contribution in [-0.4, -0.2) is 48.9 Å². The molecule has 28 heavy (non-hydrogen) atoms. The minimum Gasteiger partial charge on any atom is -0.460 e. The fourth-order valence-corrected chi connectivity index (χ4v) is 2.76. The number of pyridine rings is 1. The van der Waals surface area contributed by atoms with Crippen molar-refractivity contribution in [2.45, 2.75) is 13.8 Å². The predicted molar refractivity (Wildman–Crippen MR) is 99.1 cm³/mol. The Bertz CT molecular complexity index is 1000. The van der Waals surface area contributed by atoms with Gasteiger partial charge in [0.25, 0.3) is 0 Å². The highest BCUT2D eigenvalue weighted by molar-refractivity contribution is 6.07. The Hall–Kier alpha value is -3.58. The van der Waals surface area contributed by atoms with E-state index in [1.165, 1.54) is 6.07 Å². The van der Waals surface area contributed by atoms with Crippen LogP contribution in [-0.2, 0) is 9.47 Å². The van der Waals surface area contributed by atoms with Gasteiger partial charge in [0.1, 0.15) is 17.3 Å². The zero-order valence-corrected chi connectivity index (χ0v) is 15.7. The van der Waals surface area contributed by atoms with Crippen LogP contribution in [0.4, 0.5) is 10.5 Å². The van der Waals surface area contributed by atoms with Crippen molar-refractivity contribution in [3.05, 3.63) is 29.3 Å². The Morgan fingerprint density at radius 2 is 2.14 bits per heavy atom. The number of anilines is 1. The average molecular weight is 385 g/mol. The highest BCUT2D eigenvalue weighted by atomic mass is 16.6. The number of fused-ring (bicyclic) bond motifs is 1. The molecule has 0 fully saturated rings. The second-order valence-corrected chi connectivity index (χ2v) is 5.82. The number of hydrogen-bond acceptors (Lipinski definition) is 9. The normalized spacial score (nSPS) is 13.2. The Balaban J connectivity index is 2.18. The number of rotatable bonds is 5. The number of carbonyl (C=O) groups excluding carboxylic acids is 2. The molecule has 0 saturated heterocycles. The lowest BCUT2D eigenvalue weighted by molar-refractivity contribution is 0.0494. The molecule has 0 radical (unpaired) electrons. The van der Waals surface area contributed by atoms with Crippen molar-refractivity contribution in [2.24, 2.45) is 0 Å². The lowest BCUT2D eigenvalue weighted by Gasteiger charge is -2.06. The SMILES string of the molecule is CCOC(=O)Nc1c(C(=O)OCC)oc2cc(C#N)c(C3=CN(C)NC3)nc12. The van der Waals surface area contributed by atoms with Crippen LogP contribution in [0.2, 0.25) is 0 Å². The van der Waals surface area contributed by atoms with Crippen molar-refractivity contribution in [1.82, 2.24) is 15.4 Å². The van der Waals surface area contributed by atoms with Gasteiger partial charge in [-0.3, -0.25) is 5.32 Å². The summed E-state index contributed by atoms with van der Waals surface area (Å²) in [6, 6.07) is 3.57. The van der Waals surface area contributed by atoms with Gasteiger partial charge in [-0.15, -0.1) is 0 Å². The largest absolute Gasteiger partial charge is 0.460 e. The third kappa shape index (κ3) is 3.60. The topological polar surface area (TPSA) is 130 Å². The molecule has 146 valence electrons. The molecule has 3 heterocycles. The summed E-state index contributed by atoms with van der Waals surface area (Å²) in [6.07, 6.45) is 1.05. The minimum absolute atomic E-state index is 0.0394. The molecule has 2 aromatic heterocycles. The molecule has 0 unspecified atom stereocenters. The van der Waals surface area contributed by atoms with Crippen LogP contribution in [0.1, 0.15) is 35.7 Å². The van der Waals surface area contributed by atoms with E-state index in [2.05, 4.69) is 21.8 Å². The van der Waals surface area contributed by atoms with Gasteiger partial charge in [-0.1, -0.05) is 0 Å². The smallest absolute Gasteiger partial charge is 0.411 e. The van der Waals surface area contributed by atoms with Gasteiger partial charge in [0, 0.05) is 31.4 Å². The van der Waals surface area contributed by atoms with Crippen molar-refractivity contribution in [2.75, 3.05) is 32.1 Å². The molecule has 0 bridgehead atoms. The van der Waals surface area contributed by atoms with Gasteiger partial charge < -0.3 is 18.9 Å². The van der Waals surface area contributed by atoms with Crippen molar-refractivity contribution >= 4 is 34.4 Å². The molecule has 2 aromatic rings. The third-order valence-electron chi connectivity index (χ3n) is 3.92. The maximum atomic E-state index is 12.3. The van der Waals surface area contributed by atoms with Gasteiger partial charge in [-0.05, 0) is 13.8 Å². The van der Waals surface area contributed by atoms with Crippen LogP contribution in [0.25, 0.3) is 16.7 Å². The molecule has 3 rings (SSSR count). The number of amides is 1. The summed E-state index contributed by atoms with van der Waals surface area (Å²) in [6.45, 7) is 4.07. The summed E-state index contributed by atoms with van der Waals surface area (Å²) in [5.41, 5.74) is 5.00. The maximum absolute atomic E-state index is 12.3. The summed E-state index contributed by atoms with van der Waals surface area (Å²) in [4.78, 5) is 28.8. The van der Waals surface area contributed by atoms with Crippen LogP contribution in [0.15, 0.2) is 16.7 Å². The molecule has 10 nitrogen and oxygen atoms in total. The van der Waals surface area contributed by atoms with E-state index in [0.29, 0.717) is 12.2 Å². The number of carbonyl (C=O) groups is 2.